The molecule has 3 amide bonds. The average molecular weight is 1030 g/mol. The summed E-state index contributed by atoms with van der Waals surface area (Å²) in [6, 6.07) is 10.6. The molecule has 70 heavy (non-hydrogen) atoms. The number of rotatable bonds is 32. The molecule has 0 bridgehead atoms. The van der Waals surface area contributed by atoms with Crippen LogP contribution in [-0.4, -0.2) is 117 Å². The second-order valence-corrected chi connectivity index (χ2v) is 22.5. The summed E-state index contributed by atoms with van der Waals surface area (Å²) in [6.45, 7) is 22.7. The fourth-order valence-corrected chi connectivity index (χ4v) is 10.7. The number of pyridine rings is 1. The molecule has 8 unspecified atom stereocenters. The Hall–Kier alpha value is -4.23. The van der Waals surface area contributed by atoms with Gasteiger partial charge in [0.05, 0.1) is 6.04 Å². The van der Waals surface area contributed by atoms with Gasteiger partial charge in [0, 0.05) is 73.7 Å². The van der Waals surface area contributed by atoms with Gasteiger partial charge in [-0.1, -0.05) is 97.2 Å². The maximum Gasteiger partial charge on any atom is 0.307 e. The monoisotopic (exact) mass is 1030 g/mol. The molecule has 0 saturated carbocycles. The highest BCUT2D eigenvalue weighted by molar-refractivity contribution is 8.76. The van der Waals surface area contributed by atoms with Crippen LogP contribution in [0.3, 0.4) is 0 Å². The number of esters is 2. The van der Waals surface area contributed by atoms with Crippen LogP contribution in [0.25, 0.3) is 0 Å². The van der Waals surface area contributed by atoms with Gasteiger partial charge in [-0.25, -0.2) is 9.97 Å². The minimum absolute atomic E-state index is 0.0501. The fraction of sp³-hybridized carbons (Fsp3) is 0.635. The lowest BCUT2D eigenvalue weighted by atomic mass is 9.88. The largest absolute Gasteiger partial charge is 0.508 e. The zero-order chi connectivity index (χ0) is 51.9. The van der Waals surface area contributed by atoms with E-state index in [2.05, 4.69) is 65.4 Å². The Morgan fingerprint density at radius 1 is 0.914 bits per heavy atom. The Morgan fingerprint density at radius 2 is 1.63 bits per heavy atom. The molecule has 8 atom stereocenters. The minimum atomic E-state index is -0.863. The second-order valence-electron chi connectivity index (χ2n) is 19.2. The number of phenolic OH excluding ortho intramolecular Hbond substituents is 1. The third-order valence-electron chi connectivity index (χ3n) is 12.6. The Balaban J connectivity index is 1.89. The van der Waals surface area contributed by atoms with Crippen molar-refractivity contribution >= 4 is 62.6 Å². The molecule has 390 valence electrons. The standard InChI is InChI=1S/C52H81N7O8S3/c1-13-15-25-58(12)38(10)50(64)57-48(35(7)14-2)37(9)59(32-66-47(62)27-33(3)4)44(34(5)6)30-45(67-39(11)60)52-56-43(31-68-52)51(65)55-41(29-40-19-21-42(61)22-20-40)28-36(8)49(63)54-24-26-69-70-46-18-16-17-23-53-46/h16-23,31,33-38,41,44-45,48,61H,13-15,24-30,32H2,1-12H3,(H,54,63)(H,55,65)(H,57,64). The minimum Gasteiger partial charge on any atom is -0.508 e. The molecule has 0 radical (unpaired) electrons. The zero-order valence-corrected chi connectivity index (χ0v) is 46.0. The van der Waals surface area contributed by atoms with Gasteiger partial charge in [0.1, 0.15) is 28.2 Å². The third kappa shape index (κ3) is 20.9. The number of phenols is 1. The van der Waals surface area contributed by atoms with Gasteiger partial charge < -0.3 is 30.5 Å². The number of unbranched alkanes of at least 4 members (excludes halogenated alkanes) is 1. The number of amides is 3. The first-order valence-electron chi connectivity index (χ1n) is 24.9. The Bertz CT molecular complexity index is 2040. The van der Waals surface area contributed by atoms with Crippen molar-refractivity contribution < 1.29 is 38.6 Å². The van der Waals surface area contributed by atoms with Gasteiger partial charge in [0.25, 0.3) is 5.91 Å². The van der Waals surface area contributed by atoms with E-state index in [0.717, 1.165) is 36.4 Å². The van der Waals surface area contributed by atoms with Crippen molar-refractivity contribution in [3.63, 3.8) is 0 Å². The number of carbonyl (C=O) groups excluding carboxylic acids is 5. The summed E-state index contributed by atoms with van der Waals surface area (Å²) < 4.78 is 12.0. The van der Waals surface area contributed by atoms with Crippen LogP contribution in [0.5, 0.6) is 5.75 Å². The lowest BCUT2D eigenvalue weighted by Crippen LogP contribution is -2.59. The van der Waals surface area contributed by atoms with E-state index in [4.69, 9.17) is 14.5 Å². The zero-order valence-electron chi connectivity index (χ0n) is 43.6. The van der Waals surface area contributed by atoms with Gasteiger partial charge in [-0.3, -0.25) is 33.8 Å². The summed E-state index contributed by atoms with van der Waals surface area (Å²) in [5.41, 5.74) is 1.00. The summed E-state index contributed by atoms with van der Waals surface area (Å²) in [5, 5.41) is 22.4. The molecule has 1 aromatic carbocycles. The lowest BCUT2D eigenvalue weighted by molar-refractivity contribution is -0.155. The molecule has 3 rings (SSSR count). The number of aromatic nitrogens is 2. The molecule has 0 aliphatic heterocycles. The molecule has 0 fully saturated rings. The number of hydrogen-bond donors (Lipinski definition) is 4. The normalized spacial score (nSPS) is 15.1. The SMILES string of the molecule is CCCCN(C)C(C)C(=O)NC(C(C)CC)C(C)N(COC(=O)CC(C)C)C(CC(OC(C)=O)c1nc(C(=O)NC(Cc2ccc(O)cc2)CC(C)C(=O)NCCSSc2ccccn2)cs1)C(C)C. The molecular formula is C52H81N7O8S3. The van der Waals surface area contributed by atoms with Crippen molar-refractivity contribution in [1.82, 2.24) is 35.7 Å². The number of thiazole rings is 1. The van der Waals surface area contributed by atoms with Crippen LogP contribution in [0.15, 0.2) is 59.1 Å². The molecule has 18 heteroatoms. The number of ether oxygens (including phenoxy) is 2. The van der Waals surface area contributed by atoms with Gasteiger partial charge in [0.2, 0.25) is 11.8 Å². The highest BCUT2D eigenvalue weighted by Crippen LogP contribution is 2.33. The van der Waals surface area contributed by atoms with Crippen molar-refractivity contribution in [3.8, 4) is 5.75 Å². The first-order valence-corrected chi connectivity index (χ1v) is 28.1. The summed E-state index contributed by atoms with van der Waals surface area (Å²) >= 11 is 1.21. The van der Waals surface area contributed by atoms with Crippen LogP contribution in [0, 0.1) is 23.7 Å². The van der Waals surface area contributed by atoms with E-state index >= 15 is 0 Å². The summed E-state index contributed by atoms with van der Waals surface area (Å²) in [4.78, 5) is 80.5. The average Bonchev–Trinajstić information content (AvgIpc) is 3.82. The van der Waals surface area contributed by atoms with E-state index in [-0.39, 0.29) is 90.7 Å². The maximum atomic E-state index is 14.1. The van der Waals surface area contributed by atoms with Crippen LogP contribution in [0.4, 0.5) is 0 Å². The fourth-order valence-electron chi connectivity index (χ4n) is 8.08. The number of hydrogen-bond acceptors (Lipinski definition) is 15. The van der Waals surface area contributed by atoms with Gasteiger partial charge >= 0.3 is 11.9 Å². The van der Waals surface area contributed by atoms with E-state index in [1.54, 1.807) is 57.4 Å². The molecule has 0 spiro atoms. The quantitative estimate of drug-likeness (QED) is 0.0200. The van der Waals surface area contributed by atoms with Crippen LogP contribution < -0.4 is 16.0 Å². The van der Waals surface area contributed by atoms with Crippen LogP contribution in [0.1, 0.15) is 142 Å². The third-order valence-corrected chi connectivity index (χ3v) is 15.8. The predicted molar refractivity (Wildman–Crippen MR) is 282 cm³/mol. The van der Waals surface area contributed by atoms with Crippen LogP contribution in [-0.2, 0) is 35.1 Å². The molecule has 0 aliphatic carbocycles. The van der Waals surface area contributed by atoms with Crippen LogP contribution >= 0.6 is 32.9 Å². The molecule has 15 nitrogen and oxygen atoms in total. The Morgan fingerprint density at radius 3 is 2.24 bits per heavy atom. The van der Waals surface area contributed by atoms with E-state index < -0.39 is 29.9 Å². The molecule has 2 heterocycles. The summed E-state index contributed by atoms with van der Waals surface area (Å²) in [6.07, 6.45) is 4.90. The number of aromatic hydroxyl groups is 1. The van der Waals surface area contributed by atoms with Gasteiger partial charge in [-0.15, -0.1) is 11.3 Å². The second kappa shape index (κ2) is 31.3. The van der Waals surface area contributed by atoms with E-state index in [1.807, 2.05) is 59.9 Å². The lowest BCUT2D eigenvalue weighted by Gasteiger charge is -2.44. The topological polar surface area (TPSA) is 192 Å². The van der Waals surface area contributed by atoms with Crippen molar-refractivity contribution in [1.29, 1.82) is 0 Å². The maximum absolute atomic E-state index is 14.1. The number of nitrogens with zero attached hydrogens (tertiary/aromatic N) is 4. The van der Waals surface area contributed by atoms with Crippen molar-refractivity contribution in [2.45, 2.75) is 162 Å². The molecular weight excluding hydrogens is 947 g/mol. The molecule has 2 aromatic heterocycles. The number of nitrogens with one attached hydrogen (secondary N) is 3. The number of likely N-dealkylation sites (N-methyl/N-ethyl adjacent to an activating group) is 1. The van der Waals surface area contributed by atoms with Crippen molar-refractivity contribution in [3.05, 3.63) is 70.3 Å². The van der Waals surface area contributed by atoms with Gasteiger partial charge in [-0.05, 0) is 105 Å². The first kappa shape index (κ1) is 60.1. The van der Waals surface area contributed by atoms with Crippen molar-refractivity contribution in [2.75, 3.05) is 32.6 Å². The summed E-state index contributed by atoms with van der Waals surface area (Å²) in [7, 11) is 5.11. The highest BCUT2D eigenvalue weighted by atomic mass is 33.1. The Labute approximate surface area is 429 Å². The molecule has 3 aromatic rings. The van der Waals surface area contributed by atoms with Gasteiger partial charge in [0.15, 0.2) is 6.10 Å². The predicted octanol–water partition coefficient (Wildman–Crippen LogP) is 9.08. The molecule has 0 saturated heterocycles. The van der Waals surface area contributed by atoms with Crippen LogP contribution in [0.2, 0.25) is 0 Å². The van der Waals surface area contributed by atoms with Crippen molar-refractivity contribution in [2.24, 2.45) is 23.7 Å². The molecule has 4 N–H and O–H groups in total. The smallest absolute Gasteiger partial charge is 0.307 e. The Kier molecular flexibility index (Phi) is 26.8. The van der Waals surface area contributed by atoms with E-state index in [0.29, 0.717) is 30.1 Å². The van der Waals surface area contributed by atoms with E-state index in [1.165, 1.54) is 18.3 Å². The number of benzene rings is 1. The first-order chi connectivity index (χ1) is 33.2. The summed E-state index contributed by atoms with van der Waals surface area (Å²) in [5.74, 6) is -1.05. The van der Waals surface area contributed by atoms with Gasteiger partial charge in [-0.2, -0.15) is 0 Å². The highest BCUT2D eigenvalue weighted by Gasteiger charge is 2.38. The number of carbonyl (C=O) groups is 5. The molecule has 0 aliphatic rings. The van der Waals surface area contributed by atoms with E-state index in [9.17, 15) is 29.1 Å².